The Morgan fingerprint density at radius 2 is 2.42 bits per heavy atom. The minimum Gasteiger partial charge on any atom is -0.487 e. The van der Waals surface area contributed by atoms with Gasteiger partial charge in [-0.05, 0) is 17.7 Å². The van der Waals surface area contributed by atoms with Gasteiger partial charge in [0.25, 0.3) is 0 Å². The summed E-state index contributed by atoms with van der Waals surface area (Å²) in [6.07, 6.45) is 2.23. The van der Waals surface area contributed by atoms with Crippen LogP contribution in [-0.2, 0) is 0 Å². The predicted molar refractivity (Wildman–Crippen MR) is 51.7 cm³/mol. The monoisotopic (exact) mass is 181 g/mol. The summed E-state index contributed by atoms with van der Waals surface area (Å²) in [5.74, 6) is 0. The summed E-state index contributed by atoms with van der Waals surface area (Å²) < 4.78 is 5.13. The molecule has 0 bridgehead atoms. The average Bonchev–Trinajstić information content (AvgIpc) is 2.75. The number of methoxy groups -OCH3 is 1. The lowest BCUT2D eigenvalue weighted by Crippen LogP contribution is -2.07. The molecule has 2 rings (SSSR count). The first-order chi connectivity index (χ1) is 5.90. The van der Waals surface area contributed by atoms with Gasteiger partial charge < -0.3 is 10.1 Å². The van der Waals surface area contributed by atoms with Gasteiger partial charge in [0.2, 0.25) is 0 Å². The molecule has 0 amide bonds. The van der Waals surface area contributed by atoms with Crippen LogP contribution in [0.4, 0.5) is 0 Å². The molecular formula is C9H11NOS. The minimum atomic E-state index is 0.984. The van der Waals surface area contributed by atoms with Gasteiger partial charge in [-0.1, -0.05) is 17.4 Å². The topological polar surface area (TPSA) is 21.3 Å². The van der Waals surface area contributed by atoms with Gasteiger partial charge in [-0.25, -0.2) is 0 Å². The lowest BCUT2D eigenvalue weighted by Gasteiger charge is -1.95. The molecule has 64 valence electrons. The van der Waals surface area contributed by atoms with Crippen LogP contribution in [0.2, 0.25) is 0 Å². The molecule has 1 aromatic rings. The van der Waals surface area contributed by atoms with Gasteiger partial charge in [-0.15, -0.1) is 0 Å². The molecule has 0 fully saturated rings. The summed E-state index contributed by atoms with van der Waals surface area (Å²) in [6, 6.07) is 4.13. The van der Waals surface area contributed by atoms with Gasteiger partial charge in [0.05, 0.1) is 7.11 Å². The fourth-order valence-electron chi connectivity index (χ4n) is 1.26. The molecule has 3 heteroatoms. The number of nitrogens with one attached hydrogen (secondary N) is 1. The third-order valence-electron chi connectivity index (χ3n) is 1.91. The zero-order valence-corrected chi connectivity index (χ0v) is 7.78. The highest BCUT2D eigenvalue weighted by Gasteiger charge is 2.08. The van der Waals surface area contributed by atoms with E-state index in [0.717, 1.165) is 18.2 Å². The van der Waals surface area contributed by atoms with Crippen LogP contribution in [0, 0.1) is 0 Å². The third-order valence-corrected chi connectivity index (χ3v) is 3.03. The van der Waals surface area contributed by atoms with E-state index in [-0.39, 0.29) is 0 Å². The highest BCUT2D eigenvalue weighted by atomic mass is 32.1. The van der Waals surface area contributed by atoms with E-state index in [4.69, 9.17) is 4.74 Å². The smallest absolute Gasteiger partial charge is 0.173 e. The highest BCUT2D eigenvalue weighted by Crippen LogP contribution is 2.29. The second-order valence-electron chi connectivity index (χ2n) is 2.68. The van der Waals surface area contributed by atoms with Crippen LogP contribution in [0.3, 0.4) is 0 Å². The highest BCUT2D eigenvalue weighted by molar-refractivity contribution is 7.14. The van der Waals surface area contributed by atoms with E-state index in [9.17, 15) is 0 Å². The van der Waals surface area contributed by atoms with E-state index < -0.39 is 0 Å². The Labute approximate surface area is 75.9 Å². The molecular weight excluding hydrogens is 170 g/mol. The summed E-state index contributed by atoms with van der Waals surface area (Å²) in [4.78, 5) is 1.32. The van der Waals surface area contributed by atoms with Crippen molar-refractivity contribution in [1.82, 2.24) is 5.32 Å². The van der Waals surface area contributed by atoms with Crippen LogP contribution in [0.5, 0.6) is 5.06 Å². The Kier molecular flexibility index (Phi) is 2.15. The quantitative estimate of drug-likeness (QED) is 0.750. The standard InChI is InChI=1S/C9H11NOS/c1-11-9-3-2-8(12-9)7-4-5-10-6-7/h2-4,10H,5-6H2,1H3. The summed E-state index contributed by atoms with van der Waals surface area (Å²) in [5.41, 5.74) is 1.39. The van der Waals surface area contributed by atoms with Gasteiger partial charge in [-0.3, -0.25) is 0 Å². The molecule has 0 spiro atoms. The fraction of sp³-hybridized carbons (Fsp3) is 0.333. The number of ether oxygens (including phenoxy) is 1. The zero-order chi connectivity index (χ0) is 8.39. The maximum Gasteiger partial charge on any atom is 0.173 e. The Bertz CT molecular complexity index is 303. The molecule has 1 aliphatic heterocycles. The normalized spacial score (nSPS) is 16.2. The van der Waals surface area contributed by atoms with Gasteiger partial charge in [0.15, 0.2) is 5.06 Å². The second kappa shape index (κ2) is 3.29. The van der Waals surface area contributed by atoms with E-state index in [1.165, 1.54) is 10.5 Å². The Balaban J connectivity index is 2.22. The number of hydrogen-bond acceptors (Lipinski definition) is 3. The molecule has 0 saturated heterocycles. The van der Waals surface area contributed by atoms with E-state index >= 15 is 0 Å². The molecule has 0 aromatic carbocycles. The van der Waals surface area contributed by atoms with Gasteiger partial charge in [-0.2, -0.15) is 0 Å². The zero-order valence-electron chi connectivity index (χ0n) is 6.96. The molecule has 2 heterocycles. The largest absolute Gasteiger partial charge is 0.487 e. The minimum absolute atomic E-state index is 0.984. The third kappa shape index (κ3) is 1.38. The van der Waals surface area contributed by atoms with Crippen molar-refractivity contribution >= 4 is 16.9 Å². The SMILES string of the molecule is COc1ccc(C2=CCNC2)s1. The lowest BCUT2D eigenvalue weighted by molar-refractivity contribution is 0.427. The van der Waals surface area contributed by atoms with Crippen LogP contribution in [0.15, 0.2) is 18.2 Å². The Morgan fingerprint density at radius 3 is 3.00 bits per heavy atom. The van der Waals surface area contributed by atoms with E-state index in [1.54, 1.807) is 18.4 Å². The molecule has 0 unspecified atom stereocenters. The molecule has 0 aliphatic carbocycles. The van der Waals surface area contributed by atoms with Crippen LogP contribution >= 0.6 is 11.3 Å². The summed E-state index contributed by atoms with van der Waals surface area (Å²) in [6.45, 7) is 1.99. The van der Waals surface area contributed by atoms with Crippen LogP contribution in [0.25, 0.3) is 5.57 Å². The molecule has 1 aromatic heterocycles. The Morgan fingerprint density at radius 1 is 1.50 bits per heavy atom. The van der Waals surface area contributed by atoms with E-state index in [0.29, 0.717) is 0 Å². The van der Waals surface area contributed by atoms with Gasteiger partial charge >= 0.3 is 0 Å². The lowest BCUT2D eigenvalue weighted by atomic mass is 10.2. The average molecular weight is 181 g/mol. The van der Waals surface area contributed by atoms with Crippen molar-refractivity contribution < 1.29 is 4.74 Å². The number of rotatable bonds is 2. The first-order valence-electron chi connectivity index (χ1n) is 3.94. The maximum absolute atomic E-state index is 5.13. The molecule has 12 heavy (non-hydrogen) atoms. The molecule has 0 radical (unpaired) electrons. The number of thiophene rings is 1. The first kappa shape index (κ1) is 7.83. The van der Waals surface area contributed by atoms with Crippen LogP contribution in [0.1, 0.15) is 4.88 Å². The van der Waals surface area contributed by atoms with Crippen molar-refractivity contribution in [1.29, 1.82) is 0 Å². The van der Waals surface area contributed by atoms with Crippen LogP contribution < -0.4 is 10.1 Å². The summed E-state index contributed by atoms with van der Waals surface area (Å²) in [7, 11) is 1.71. The van der Waals surface area contributed by atoms with Crippen molar-refractivity contribution in [2.45, 2.75) is 0 Å². The van der Waals surface area contributed by atoms with Crippen molar-refractivity contribution in [3.63, 3.8) is 0 Å². The fourth-order valence-corrected chi connectivity index (χ4v) is 2.12. The van der Waals surface area contributed by atoms with Crippen molar-refractivity contribution in [3.05, 3.63) is 23.1 Å². The van der Waals surface area contributed by atoms with Crippen molar-refractivity contribution in [2.24, 2.45) is 0 Å². The van der Waals surface area contributed by atoms with Crippen molar-refractivity contribution in [2.75, 3.05) is 20.2 Å². The van der Waals surface area contributed by atoms with Crippen molar-refractivity contribution in [3.8, 4) is 5.06 Å². The molecule has 1 aliphatic rings. The molecule has 0 atom stereocenters. The number of hydrogen-bond donors (Lipinski definition) is 1. The van der Waals surface area contributed by atoms with Gasteiger partial charge in [0, 0.05) is 18.0 Å². The predicted octanol–water partition coefficient (Wildman–Crippen LogP) is 1.74. The maximum atomic E-state index is 5.13. The molecule has 1 N–H and O–H groups in total. The first-order valence-corrected chi connectivity index (χ1v) is 4.76. The second-order valence-corrected chi connectivity index (χ2v) is 3.73. The Hall–Kier alpha value is -0.800. The van der Waals surface area contributed by atoms with E-state index in [2.05, 4.69) is 17.5 Å². The van der Waals surface area contributed by atoms with Crippen LogP contribution in [-0.4, -0.2) is 20.2 Å². The summed E-state index contributed by atoms with van der Waals surface area (Å²) >= 11 is 1.70. The molecule has 0 saturated carbocycles. The summed E-state index contributed by atoms with van der Waals surface area (Å²) in [5, 5.41) is 4.26. The van der Waals surface area contributed by atoms with E-state index in [1.807, 2.05) is 6.07 Å². The van der Waals surface area contributed by atoms with Gasteiger partial charge in [0.1, 0.15) is 0 Å². The molecule has 2 nitrogen and oxygen atoms in total.